The Kier molecular flexibility index (Phi) is 3.66. The Morgan fingerprint density at radius 2 is 1.86 bits per heavy atom. The van der Waals surface area contributed by atoms with Crippen LogP contribution in [0.25, 0.3) is 22.2 Å². The molecule has 0 aliphatic rings. The zero-order valence-corrected chi connectivity index (χ0v) is 12.7. The van der Waals surface area contributed by atoms with Crippen LogP contribution in [0.15, 0.2) is 48.5 Å². The van der Waals surface area contributed by atoms with Gasteiger partial charge < -0.3 is 0 Å². The zero-order valence-electron chi connectivity index (χ0n) is 11.2. The topological polar surface area (TPSA) is 30.0 Å². The van der Waals surface area contributed by atoms with Gasteiger partial charge in [0, 0.05) is 16.5 Å². The monoisotopic (exact) mass is 315 g/mol. The van der Waals surface area contributed by atoms with E-state index in [0.717, 1.165) is 11.1 Å². The molecule has 0 saturated carbocycles. The molecule has 21 heavy (non-hydrogen) atoms. The van der Waals surface area contributed by atoms with Gasteiger partial charge in [0.15, 0.2) is 0 Å². The Labute approximate surface area is 132 Å². The van der Waals surface area contributed by atoms with E-state index < -0.39 is 5.24 Å². The molecule has 104 valence electrons. The van der Waals surface area contributed by atoms with E-state index in [9.17, 15) is 4.79 Å². The van der Waals surface area contributed by atoms with Gasteiger partial charge in [-0.1, -0.05) is 47.5 Å². The number of carbonyl (C=O) groups excluding carboxylic acids is 1. The van der Waals surface area contributed by atoms with Crippen LogP contribution >= 0.6 is 23.2 Å². The Balaban J connectivity index is 2.35. The number of hydrogen-bond donors (Lipinski definition) is 0. The summed E-state index contributed by atoms with van der Waals surface area (Å²) in [6.07, 6.45) is 0. The lowest BCUT2D eigenvalue weighted by Gasteiger charge is -2.09. The van der Waals surface area contributed by atoms with Crippen LogP contribution in [0.1, 0.15) is 15.9 Å². The van der Waals surface area contributed by atoms with Crippen LogP contribution in [-0.2, 0) is 0 Å². The van der Waals surface area contributed by atoms with Crippen molar-refractivity contribution in [2.24, 2.45) is 0 Å². The summed E-state index contributed by atoms with van der Waals surface area (Å²) in [5.41, 5.74) is 3.73. The van der Waals surface area contributed by atoms with E-state index in [0.29, 0.717) is 27.2 Å². The van der Waals surface area contributed by atoms with Crippen LogP contribution in [0.4, 0.5) is 0 Å². The molecule has 4 heteroatoms. The van der Waals surface area contributed by atoms with E-state index >= 15 is 0 Å². The molecule has 1 aromatic heterocycles. The second-order valence-electron chi connectivity index (χ2n) is 4.83. The number of fused-ring (bicyclic) bond motifs is 1. The molecule has 3 rings (SSSR count). The maximum atomic E-state index is 11.7. The largest absolute Gasteiger partial charge is 0.276 e. The lowest BCUT2D eigenvalue weighted by molar-refractivity contribution is 0.108. The van der Waals surface area contributed by atoms with Gasteiger partial charge in [0.1, 0.15) is 0 Å². The van der Waals surface area contributed by atoms with Gasteiger partial charge in [-0.05, 0) is 36.7 Å². The second kappa shape index (κ2) is 5.47. The summed E-state index contributed by atoms with van der Waals surface area (Å²) < 4.78 is 0. The quantitative estimate of drug-likeness (QED) is 0.605. The fourth-order valence-electron chi connectivity index (χ4n) is 2.33. The van der Waals surface area contributed by atoms with Crippen LogP contribution in [0.5, 0.6) is 0 Å². The third-order valence-electron chi connectivity index (χ3n) is 3.32. The highest BCUT2D eigenvalue weighted by atomic mass is 35.5. The zero-order chi connectivity index (χ0) is 15.0. The maximum Gasteiger partial charge on any atom is 0.253 e. The molecule has 1 heterocycles. The van der Waals surface area contributed by atoms with Crippen molar-refractivity contribution in [2.75, 3.05) is 0 Å². The fraction of sp³-hybridized carbons (Fsp3) is 0.0588. The molecule has 0 bridgehead atoms. The number of aromatic nitrogens is 1. The van der Waals surface area contributed by atoms with Gasteiger partial charge in [0.2, 0.25) is 0 Å². The normalized spacial score (nSPS) is 10.8. The minimum Gasteiger partial charge on any atom is -0.276 e. The number of halogens is 2. The van der Waals surface area contributed by atoms with E-state index in [4.69, 9.17) is 23.2 Å². The molecule has 0 fully saturated rings. The van der Waals surface area contributed by atoms with Crippen LogP contribution < -0.4 is 0 Å². The van der Waals surface area contributed by atoms with Crippen molar-refractivity contribution < 1.29 is 4.79 Å². The first kappa shape index (κ1) is 14.1. The highest BCUT2D eigenvalue weighted by Crippen LogP contribution is 2.30. The van der Waals surface area contributed by atoms with Crippen molar-refractivity contribution in [2.45, 2.75) is 6.92 Å². The Morgan fingerprint density at radius 3 is 2.57 bits per heavy atom. The summed E-state index contributed by atoms with van der Waals surface area (Å²) in [7, 11) is 0. The van der Waals surface area contributed by atoms with E-state index in [1.807, 2.05) is 31.2 Å². The standard InChI is InChI=1S/C17H11Cl2NO/c1-10-4-2-5-11(8-10)15-9-13(17(19)21)12-6-3-7-14(18)16(12)20-15/h2-9H,1H3. The SMILES string of the molecule is Cc1cccc(-c2cc(C(=O)Cl)c3cccc(Cl)c3n2)c1. The number of hydrogen-bond acceptors (Lipinski definition) is 2. The van der Waals surface area contributed by atoms with Crippen LogP contribution in [0.2, 0.25) is 5.02 Å². The van der Waals surface area contributed by atoms with Gasteiger partial charge in [-0.2, -0.15) is 0 Å². The molecule has 0 saturated heterocycles. The Morgan fingerprint density at radius 1 is 1.10 bits per heavy atom. The first-order chi connectivity index (χ1) is 10.1. The predicted octanol–water partition coefficient (Wildman–Crippen LogP) is 5.24. The van der Waals surface area contributed by atoms with Crippen molar-refractivity contribution in [1.82, 2.24) is 4.98 Å². The van der Waals surface area contributed by atoms with Crippen LogP contribution in [0.3, 0.4) is 0 Å². The highest BCUT2D eigenvalue weighted by molar-refractivity contribution is 6.68. The van der Waals surface area contributed by atoms with E-state index in [2.05, 4.69) is 4.98 Å². The van der Waals surface area contributed by atoms with Crippen molar-refractivity contribution in [1.29, 1.82) is 0 Å². The van der Waals surface area contributed by atoms with Crippen molar-refractivity contribution in [3.05, 3.63) is 64.7 Å². The lowest BCUT2D eigenvalue weighted by atomic mass is 10.0. The molecule has 3 aromatic rings. The van der Waals surface area contributed by atoms with Crippen molar-refractivity contribution in [3.8, 4) is 11.3 Å². The molecule has 0 atom stereocenters. The minimum atomic E-state index is -0.515. The molecule has 0 aliphatic heterocycles. The summed E-state index contributed by atoms with van der Waals surface area (Å²) in [6.45, 7) is 2.01. The second-order valence-corrected chi connectivity index (χ2v) is 5.58. The van der Waals surface area contributed by atoms with Crippen molar-refractivity contribution >= 4 is 39.3 Å². The molecule has 0 radical (unpaired) electrons. The molecule has 0 N–H and O–H groups in total. The minimum absolute atomic E-state index is 0.417. The van der Waals surface area contributed by atoms with Gasteiger partial charge in [0.05, 0.1) is 16.2 Å². The predicted molar refractivity (Wildman–Crippen MR) is 87.1 cm³/mol. The average molecular weight is 316 g/mol. The van der Waals surface area contributed by atoms with Gasteiger partial charge >= 0.3 is 0 Å². The number of benzene rings is 2. The number of para-hydroxylation sites is 1. The third-order valence-corrected chi connectivity index (χ3v) is 3.82. The summed E-state index contributed by atoms with van der Waals surface area (Å²) >= 11 is 11.9. The molecule has 0 aliphatic carbocycles. The Hall–Kier alpha value is -1.90. The highest BCUT2D eigenvalue weighted by Gasteiger charge is 2.14. The van der Waals surface area contributed by atoms with E-state index in [1.54, 1.807) is 24.3 Å². The number of aryl methyl sites for hydroxylation is 1. The molecule has 2 aromatic carbocycles. The fourth-order valence-corrected chi connectivity index (χ4v) is 2.70. The Bertz CT molecular complexity index is 859. The number of pyridine rings is 1. The molecular formula is C17H11Cl2NO. The molecule has 0 spiro atoms. The summed E-state index contributed by atoms with van der Waals surface area (Å²) in [4.78, 5) is 16.3. The average Bonchev–Trinajstić information content (AvgIpc) is 2.46. The smallest absolute Gasteiger partial charge is 0.253 e. The van der Waals surface area contributed by atoms with E-state index in [1.165, 1.54) is 0 Å². The van der Waals surface area contributed by atoms with Gasteiger partial charge in [-0.15, -0.1) is 0 Å². The first-order valence-corrected chi connectivity index (χ1v) is 7.18. The molecular weight excluding hydrogens is 305 g/mol. The number of carbonyl (C=O) groups is 1. The third kappa shape index (κ3) is 2.65. The molecule has 2 nitrogen and oxygen atoms in total. The summed E-state index contributed by atoms with van der Waals surface area (Å²) in [5.74, 6) is 0. The summed E-state index contributed by atoms with van der Waals surface area (Å²) in [5, 5.41) is 0.652. The summed E-state index contributed by atoms with van der Waals surface area (Å²) in [6, 6.07) is 14.9. The van der Waals surface area contributed by atoms with Crippen molar-refractivity contribution in [3.63, 3.8) is 0 Å². The molecule has 0 amide bonds. The maximum absolute atomic E-state index is 11.7. The van der Waals surface area contributed by atoms with Crippen LogP contribution in [-0.4, -0.2) is 10.2 Å². The number of nitrogens with zero attached hydrogens (tertiary/aromatic N) is 1. The lowest BCUT2D eigenvalue weighted by Crippen LogP contribution is -1.96. The van der Waals surface area contributed by atoms with Gasteiger partial charge in [-0.25, -0.2) is 4.98 Å². The number of rotatable bonds is 2. The van der Waals surface area contributed by atoms with Crippen LogP contribution in [0, 0.1) is 6.92 Å². The van der Waals surface area contributed by atoms with E-state index in [-0.39, 0.29) is 0 Å². The van der Waals surface area contributed by atoms with Gasteiger partial charge in [0.25, 0.3) is 5.24 Å². The van der Waals surface area contributed by atoms with Gasteiger partial charge in [-0.3, -0.25) is 4.79 Å². The molecule has 0 unspecified atom stereocenters. The first-order valence-electron chi connectivity index (χ1n) is 6.42.